The molecule has 0 aliphatic carbocycles. The van der Waals surface area contributed by atoms with Crippen molar-refractivity contribution in [2.75, 3.05) is 20.1 Å². The SMILES string of the molecule is CCN=C(C)NC(C)CN(C)C(C)CC. The number of amidine groups is 1. The van der Waals surface area contributed by atoms with Gasteiger partial charge in [-0.25, -0.2) is 0 Å². The van der Waals surface area contributed by atoms with E-state index in [2.05, 4.69) is 50.0 Å². The van der Waals surface area contributed by atoms with Crippen LogP contribution in [0, 0.1) is 0 Å². The highest BCUT2D eigenvalue weighted by molar-refractivity contribution is 5.79. The van der Waals surface area contributed by atoms with E-state index in [9.17, 15) is 0 Å². The summed E-state index contributed by atoms with van der Waals surface area (Å²) in [5.41, 5.74) is 0. The van der Waals surface area contributed by atoms with Crippen LogP contribution in [0.1, 0.15) is 41.0 Å². The zero-order valence-corrected chi connectivity index (χ0v) is 11.2. The highest BCUT2D eigenvalue weighted by Crippen LogP contribution is 2.00. The number of hydrogen-bond donors (Lipinski definition) is 1. The average molecular weight is 213 g/mol. The summed E-state index contributed by atoms with van der Waals surface area (Å²) in [5.74, 6) is 1.04. The van der Waals surface area contributed by atoms with Crippen LogP contribution in [-0.4, -0.2) is 43.0 Å². The molecular formula is C12H27N3. The van der Waals surface area contributed by atoms with E-state index in [1.165, 1.54) is 6.42 Å². The maximum Gasteiger partial charge on any atom is 0.0933 e. The van der Waals surface area contributed by atoms with Crippen molar-refractivity contribution in [1.82, 2.24) is 10.2 Å². The minimum absolute atomic E-state index is 0.458. The smallest absolute Gasteiger partial charge is 0.0933 e. The first-order valence-corrected chi connectivity index (χ1v) is 5.99. The van der Waals surface area contributed by atoms with E-state index in [1.807, 2.05) is 6.92 Å². The Bertz CT molecular complexity index is 189. The van der Waals surface area contributed by atoms with Gasteiger partial charge in [-0.1, -0.05) is 6.92 Å². The molecule has 2 atom stereocenters. The molecule has 0 aromatic heterocycles. The Hall–Kier alpha value is -0.570. The second kappa shape index (κ2) is 7.69. The van der Waals surface area contributed by atoms with Crippen LogP contribution < -0.4 is 5.32 Å². The molecular weight excluding hydrogens is 186 g/mol. The predicted octanol–water partition coefficient (Wildman–Crippen LogP) is 2.13. The Morgan fingerprint density at radius 1 is 1.33 bits per heavy atom. The fourth-order valence-corrected chi connectivity index (χ4v) is 1.61. The Morgan fingerprint density at radius 3 is 2.40 bits per heavy atom. The van der Waals surface area contributed by atoms with Crippen LogP contribution in [0.15, 0.2) is 4.99 Å². The van der Waals surface area contributed by atoms with Crippen LogP contribution in [0.25, 0.3) is 0 Å². The van der Waals surface area contributed by atoms with Crippen molar-refractivity contribution in [3.05, 3.63) is 0 Å². The fraction of sp³-hybridized carbons (Fsp3) is 0.917. The van der Waals surface area contributed by atoms with Crippen LogP contribution in [0.4, 0.5) is 0 Å². The van der Waals surface area contributed by atoms with Gasteiger partial charge in [0, 0.05) is 25.2 Å². The van der Waals surface area contributed by atoms with E-state index in [4.69, 9.17) is 0 Å². The molecule has 0 radical (unpaired) electrons. The first kappa shape index (κ1) is 14.4. The van der Waals surface area contributed by atoms with Crippen molar-refractivity contribution in [3.63, 3.8) is 0 Å². The van der Waals surface area contributed by atoms with Gasteiger partial charge in [0.05, 0.1) is 5.84 Å². The number of nitrogens with one attached hydrogen (secondary N) is 1. The highest BCUT2D eigenvalue weighted by atomic mass is 15.2. The molecule has 0 fully saturated rings. The van der Waals surface area contributed by atoms with Gasteiger partial charge in [-0.05, 0) is 41.2 Å². The van der Waals surface area contributed by atoms with Gasteiger partial charge in [-0.3, -0.25) is 4.99 Å². The van der Waals surface area contributed by atoms with Gasteiger partial charge in [0.25, 0.3) is 0 Å². The molecule has 2 unspecified atom stereocenters. The Labute approximate surface area is 95.0 Å². The van der Waals surface area contributed by atoms with E-state index in [1.54, 1.807) is 0 Å². The Balaban J connectivity index is 3.92. The summed E-state index contributed by atoms with van der Waals surface area (Å²) in [6.45, 7) is 12.7. The molecule has 0 rings (SSSR count). The standard InChI is InChI=1S/C12H27N3/c1-7-11(4)15(6)9-10(3)14-12(5)13-8-2/h10-11H,7-9H2,1-6H3,(H,13,14). The van der Waals surface area contributed by atoms with Gasteiger partial charge in [0.2, 0.25) is 0 Å². The molecule has 0 amide bonds. The zero-order chi connectivity index (χ0) is 11.8. The first-order chi connectivity index (χ1) is 7.01. The molecule has 0 spiro atoms. The molecule has 90 valence electrons. The van der Waals surface area contributed by atoms with Crippen molar-refractivity contribution in [2.24, 2.45) is 4.99 Å². The lowest BCUT2D eigenvalue weighted by Crippen LogP contribution is -2.42. The van der Waals surface area contributed by atoms with Crippen molar-refractivity contribution in [1.29, 1.82) is 0 Å². The van der Waals surface area contributed by atoms with Crippen molar-refractivity contribution in [2.45, 2.75) is 53.1 Å². The van der Waals surface area contributed by atoms with Gasteiger partial charge in [0.15, 0.2) is 0 Å². The lowest BCUT2D eigenvalue weighted by Gasteiger charge is -2.27. The molecule has 0 saturated heterocycles. The minimum Gasteiger partial charge on any atom is -0.370 e. The van der Waals surface area contributed by atoms with Gasteiger partial charge in [0.1, 0.15) is 0 Å². The number of likely N-dealkylation sites (N-methyl/N-ethyl adjacent to an activating group) is 1. The van der Waals surface area contributed by atoms with Crippen molar-refractivity contribution < 1.29 is 0 Å². The van der Waals surface area contributed by atoms with Crippen LogP contribution in [0.2, 0.25) is 0 Å². The fourth-order valence-electron chi connectivity index (χ4n) is 1.61. The molecule has 0 aliphatic heterocycles. The summed E-state index contributed by atoms with van der Waals surface area (Å²) in [5, 5.41) is 3.40. The summed E-state index contributed by atoms with van der Waals surface area (Å²) in [6.07, 6.45) is 1.20. The lowest BCUT2D eigenvalue weighted by atomic mass is 10.2. The molecule has 3 nitrogen and oxygen atoms in total. The number of nitrogens with zero attached hydrogens (tertiary/aromatic N) is 2. The molecule has 0 aliphatic rings. The molecule has 1 N–H and O–H groups in total. The third-order valence-electron chi connectivity index (χ3n) is 2.76. The highest BCUT2D eigenvalue weighted by Gasteiger charge is 2.10. The van der Waals surface area contributed by atoms with Crippen LogP contribution >= 0.6 is 0 Å². The molecule has 15 heavy (non-hydrogen) atoms. The Morgan fingerprint density at radius 2 is 1.93 bits per heavy atom. The number of hydrogen-bond acceptors (Lipinski definition) is 2. The minimum atomic E-state index is 0.458. The quantitative estimate of drug-likeness (QED) is 0.541. The third kappa shape index (κ3) is 6.50. The molecule has 0 aromatic rings. The van der Waals surface area contributed by atoms with E-state index in [0.29, 0.717) is 12.1 Å². The molecule has 3 heteroatoms. The van der Waals surface area contributed by atoms with Gasteiger partial charge in [-0.15, -0.1) is 0 Å². The summed E-state index contributed by atoms with van der Waals surface area (Å²) in [7, 11) is 2.18. The first-order valence-electron chi connectivity index (χ1n) is 5.99. The van der Waals surface area contributed by atoms with Crippen LogP contribution in [0.5, 0.6) is 0 Å². The predicted molar refractivity (Wildman–Crippen MR) is 68.6 cm³/mol. The van der Waals surface area contributed by atoms with Crippen LogP contribution in [0.3, 0.4) is 0 Å². The maximum absolute atomic E-state index is 4.32. The van der Waals surface area contributed by atoms with Gasteiger partial charge < -0.3 is 10.2 Å². The van der Waals surface area contributed by atoms with Crippen molar-refractivity contribution in [3.8, 4) is 0 Å². The maximum atomic E-state index is 4.32. The van der Waals surface area contributed by atoms with E-state index >= 15 is 0 Å². The summed E-state index contributed by atoms with van der Waals surface area (Å²) >= 11 is 0. The molecule has 0 heterocycles. The summed E-state index contributed by atoms with van der Waals surface area (Å²) in [6, 6.07) is 1.11. The second-order valence-electron chi connectivity index (χ2n) is 4.30. The lowest BCUT2D eigenvalue weighted by molar-refractivity contribution is 0.235. The van der Waals surface area contributed by atoms with E-state index < -0.39 is 0 Å². The summed E-state index contributed by atoms with van der Waals surface area (Å²) < 4.78 is 0. The van der Waals surface area contributed by atoms with Crippen molar-refractivity contribution >= 4 is 5.84 Å². The Kier molecular flexibility index (Phi) is 7.39. The second-order valence-corrected chi connectivity index (χ2v) is 4.30. The molecule has 0 bridgehead atoms. The summed E-state index contributed by atoms with van der Waals surface area (Å²) in [4.78, 5) is 6.71. The third-order valence-corrected chi connectivity index (χ3v) is 2.76. The largest absolute Gasteiger partial charge is 0.370 e. The monoisotopic (exact) mass is 213 g/mol. The van der Waals surface area contributed by atoms with E-state index in [0.717, 1.165) is 18.9 Å². The van der Waals surface area contributed by atoms with Crippen LogP contribution in [-0.2, 0) is 0 Å². The van der Waals surface area contributed by atoms with E-state index in [-0.39, 0.29) is 0 Å². The number of rotatable bonds is 6. The zero-order valence-electron chi connectivity index (χ0n) is 11.2. The average Bonchev–Trinajstić information content (AvgIpc) is 2.16. The van der Waals surface area contributed by atoms with Gasteiger partial charge in [-0.2, -0.15) is 0 Å². The van der Waals surface area contributed by atoms with Gasteiger partial charge >= 0.3 is 0 Å². The topological polar surface area (TPSA) is 27.6 Å². The normalized spacial score (nSPS) is 16.6. The number of aliphatic imine (C=N–C) groups is 1. The molecule has 0 saturated carbocycles. The molecule has 0 aromatic carbocycles.